The molecule has 0 saturated carbocycles. The molecule has 1 aromatic carbocycles. The Kier molecular flexibility index (Phi) is 10.5. The lowest BCUT2D eigenvalue weighted by Crippen LogP contribution is -2.43. The second-order valence-corrected chi connectivity index (χ2v) is 9.80. The molecule has 1 aliphatic heterocycles. The number of rotatable bonds is 12. The van der Waals surface area contributed by atoms with Crippen LogP contribution in [0.15, 0.2) is 40.8 Å². The lowest BCUT2D eigenvalue weighted by Gasteiger charge is -2.35. The molecule has 1 atom stereocenters. The summed E-state index contributed by atoms with van der Waals surface area (Å²) in [5, 5.41) is 0. The second kappa shape index (κ2) is 13.8. The van der Waals surface area contributed by atoms with Crippen molar-refractivity contribution in [3.05, 3.63) is 64.9 Å². The molecule has 0 radical (unpaired) electrons. The summed E-state index contributed by atoms with van der Waals surface area (Å²) in [6, 6.07) is 4.94. The first-order chi connectivity index (χ1) is 17.8. The summed E-state index contributed by atoms with van der Waals surface area (Å²) in [5.41, 5.74) is 2.63. The third kappa shape index (κ3) is 7.81. The maximum absolute atomic E-state index is 12.9. The minimum Gasteiger partial charge on any atom is -0.493 e. The summed E-state index contributed by atoms with van der Waals surface area (Å²) >= 11 is 0. The van der Waals surface area contributed by atoms with Gasteiger partial charge in [-0.2, -0.15) is 0 Å². The van der Waals surface area contributed by atoms with Gasteiger partial charge in [0.2, 0.25) is 11.8 Å². The van der Waals surface area contributed by atoms with Gasteiger partial charge in [-0.05, 0) is 67.5 Å². The summed E-state index contributed by atoms with van der Waals surface area (Å²) in [7, 11) is 1.35. The highest BCUT2D eigenvalue weighted by Crippen LogP contribution is 2.34. The average molecular weight is 509 g/mol. The number of methoxy groups -OCH3 is 1. The number of amides is 1. The van der Waals surface area contributed by atoms with Crippen LogP contribution in [-0.2, 0) is 27.2 Å². The zero-order chi connectivity index (χ0) is 26.8. The molecule has 200 valence electrons. The van der Waals surface area contributed by atoms with E-state index in [0.29, 0.717) is 43.6 Å². The highest BCUT2D eigenvalue weighted by atomic mass is 16.5. The Balaban J connectivity index is 1.69. The Labute approximate surface area is 220 Å². The molecular weight excluding hydrogens is 468 g/mol. The zero-order valence-electron chi connectivity index (χ0n) is 22.8. The van der Waals surface area contributed by atoms with Gasteiger partial charge in [0, 0.05) is 13.0 Å². The molecule has 0 N–H and O–H groups in total. The number of carbonyl (C=O) groups excluding carboxylic acids is 2. The van der Waals surface area contributed by atoms with Gasteiger partial charge in [-0.25, -0.2) is 9.78 Å². The van der Waals surface area contributed by atoms with Gasteiger partial charge in [-0.1, -0.05) is 51.8 Å². The van der Waals surface area contributed by atoms with E-state index in [1.54, 1.807) is 11.0 Å². The fraction of sp³-hybridized carbons (Fsp3) is 0.500. The normalized spacial score (nSPS) is 15.5. The minimum atomic E-state index is -0.793. The number of carbonyl (C=O) groups is 2. The third-order valence-corrected chi connectivity index (χ3v) is 6.42. The van der Waals surface area contributed by atoms with Crippen molar-refractivity contribution in [3.8, 4) is 5.75 Å². The van der Waals surface area contributed by atoms with Crippen molar-refractivity contribution in [1.82, 2.24) is 9.88 Å². The first-order valence-corrected chi connectivity index (χ1v) is 13.3. The second-order valence-electron chi connectivity index (χ2n) is 9.80. The third-order valence-electron chi connectivity index (χ3n) is 6.42. The number of nitrogens with zero attached hydrogens (tertiary/aromatic N) is 2. The summed E-state index contributed by atoms with van der Waals surface area (Å²) in [6.45, 7) is 9.23. The van der Waals surface area contributed by atoms with Crippen molar-refractivity contribution in [2.45, 2.75) is 72.3 Å². The summed E-state index contributed by atoms with van der Waals surface area (Å²) in [4.78, 5) is 31.9. The molecule has 0 spiro atoms. The van der Waals surface area contributed by atoms with Crippen LogP contribution in [-0.4, -0.2) is 42.0 Å². The Bertz CT molecular complexity index is 1120. The molecule has 1 amide bonds. The fourth-order valence-electron chi connectivity index (χ4n) is 4.35. The molecule has 0 fully saturated rings. The van der Waals surface area contributed by atoms with Crippen LogP contribution < -0.4 is 4.74 Å². The van der Waals surface area contributed by atoms with E-state index in [4.69, 9.17) is 13.9 Å². The lowest BCUT2D eigenvalue weighted by atomic mass is 9.92. The summed E-state index contributed by atoms with van der Waals surface area (Å²) in [6.07, 6.45) is 12.6. The predicted molar refractivity (Wildman–Crippen MR) is 144 cm³/mol. The predicted octanol–water partition coefficient (Wildman–Crippen LogP) is 6.01. The van der Waals surface area contributed by atoms with Gasteiger partial charge in [0.15, 0.2) is 6.04 Å². The number of oxazole rings is 1. The first kappa shape index (κ1) is 28.2. The van der Waals surface area contributed by atoms with E-state index >= 15 is 0 Å². The van der Waals surface area contributed by atoms with E-state index in [9.17, 15) is 9.59 Å². The molecule has 0 bridgehead atoms. The number of aromatic nitrogens is 1. The molecule has 2 aromatic rings. The van der Waals surface area contributed by atoms with Crippen LogP contribution in [0, 0.1) is 12.8 Å². The van der Waals surface area contributed by atoms with Crippen molar-refractivity contribution in [2.75, 3.05) is 20.3 Å². The number of hydrogen-bond donors (Lipinski definition) is 0. The van der Waals surface area contributed by atoms with Gasteiger partial charge in [0.1, 0.15) is 11.5 Å². The van der Waals surface area contributed by atoms with Gasteiger partial charge in [0.25, 0.3) is 0 Å². The molecular formula is C30H40N2O5. The minimum absolute atomic E-state index is 0.178. The van der Waals surface area contributed by atoms with E-state index in [2.05, 4.69) is 31.8 Å². The van der Waals surface area contributed by atoms with E-state index in [1.807, 2.05) is 37.3 Å². The SMILES string of the molecule is CCCCC=CC(=O)N1CCc2ccc(OCCc3nc(/C=C/CC(C)C)oc3C)cc2C1C(=O)OC. The maximum Gasteiger partial charge on any atom is 0.333 e. The Morgan fingerprint density at radius 2 is 2.08 bits per heavy atom. The van der Waals surface area contributed by atoms with Crippen molar-refractivity contribution >= 4 is 18.0 Å². The summed E-state index contributed by atoms with van der Waals surface area (Å²) in [5.74, 6) is 1.98. The molecule has 7 heteroatoms. The number of fused-ring (bicyclic) bond motifs is 1. The van der Waals surface area contributed by atoms with Crippen LogP contribution in [0.2, 0.25) is 0 Å². The quantitative estimate of drug-likeness (QED) is 0.198. The lowest BCUT2D eigenvalue weighted by molar-refractivity contribution is -0.152. The molecule has 3 rings (SSSR count). The van der Waals surface area contributed by atoms with Crippen LogP contribution in [0.25, 0.3) is 6.08 Å². The number of aryl methyl sites for hydroxylation is 1. The number of benzene rings is 1. The van der Waals surface area contributed by atoms with E-state index < -0.39 is 12.0 Å². The molecule has 1 aromatic heterocycles. The van der Waals surface area contributed by atoms with Crippen LogP contribution >= 0.6 is 0 Å². The van der Waals surface area contributed by atoms with Crippen molar-refractivity contribution in [1.29, 1.82) is 0 Å². The van der Waals surface area contributed by atoms with E-state index in [1.165, 1.54) is 7.11 Å². The van der Waals surface area contributed by atoms with Gasteiger partial charge < -0.3 is 18.8 Å². The van der Waals surface area contributed by atoms with Gasteiger partial charge in [-0.3, -0.25) is 4.79 Å². The number of allylic oxidation sites excluding steroid dienone is 2. The van der Waals surface area contributed by atoms with Crippen LogP contribution in [0.1, 0.15) is 81.0 Å². The maximum atomic E-state index is 12.9. The Morgan fingerprint density at radius 3 is 2.81 bits per heavy atom. The highest BCUT2D eigenvalue weighted by Gasteiger charge is 2.36. The molecule has 0 aliphatic carbocycles. The zero-order valence-corrected chi connectivity index (χ0v) is 22.8. The Hall–Kier alpha value is -3.35. The van der Waals surface area contributed by atoms with Gasteiger partial charge in [0.05, 0.1) is 19.4 Å². The molecule has 1 unspecified atom stereocenters. The number of ether oxygens (including phenoxy) is 2. The summed E-state index contributed by atoms with van der Waals surface area (Å²) < 4.78 is 16.9. The average Bonchev–Trinajstić information content (AvgIpc) is 3.23. The molecule has 7 nitrogen and oxygen atoms in total. The molecule has 0 saturated heterocycles. The van der Waals surface area contributed by atoms with Crippen molar-refractivity contribution in [2.24, 2.45) is 5.92 Å². The largest absolute Gasteiger partial charge is 0.493 e. The van der Waals surface area contributed by atoms with Crippen LogP contribution in [0.3, 0.4) is 0 Å². The highest BCUT2D eigenvalue weighted by molar-refractivity contribution is 5.92. The molecule has 37 heavy (non-hydrogen) atoms. The van der Waals surface area contributed by atoms with E-state index in [0.717, 1.165) is 48.3 Å². The van der Waals surface area contributed by atoms with Gasteiger partial charge in [-0.15, -0.1) is 0 Å². The van der Waals surface area contributed by atoms with Crippen molar-refractivity contribution in [3.63, 3.8) is 0 Å². The monoisotopic (exact) mass is 508 g/mol. The standard InChI is InChI=1S/C30H40N2O5/c1-6-7-8-9-13-28(33)32-18-16-23-14-15-24(20-25(23)29(32)30(34)35-5)36-19-17-26-22(4)37-27(31-26)12-10-11-21(2)3/h9-10,12-15,20-21,29H,6-8,11,16-19H2,1-5H3/b12-10+,13-9?. The van der Waals surface area contributed by atoms with Crippen molar-refractivity contribution < 1.29 is 23.5 Å². The Morgan fingerprint density at radius 1 is 1.27 bits per heavy atom. The fourth-order valence-corrected chi connectivity index (χ4v) is 4.35. The molecule has 1 aliphatic rings. The topological polar surface area (TPSA) is 81.9 Å². The number of esters is 1. The molecule has 2 heterocycles. The van der Waals surface area contributed by atoms with Gasteiger partial charge >= 0.3 is 5.97 Å². The number of unbranched alkanes of at least 4 members (excludes halogenated alkanes) is 2. The van der Waals surface area contributed by atoms with E-state index in [-0.39, 0.29) is 5.91 Å². The smallest absolute Gasteiger partial charge is 0.333 e. The van der Waals surface area contributed by atoms with Crippen LogP contribution in [0.5, 0.6) is 5.75 Å². The number of hydrogen-bond acceptors (Lipinski definition) is 6. The first-order valence-electron chi connectivity index (χ1n) is 13.3. The van der Waals surface area contributed by atoms with Crippen LogP contribution in [0.4, 0.5) is 0 Å².